The number of carbonyl (C=O) groups is 1. The predicted octanol–water partition coefficient (Wildman–Crippen LogP) is 1.39. The Balaban J connectivity index is 1.89. The van der Waals surface area contributed by atoms with Crippen LogP contribution in [0.4, 0.5) is 0 Å². The second-order valence-corrected chi connectivity index (χ2v) is 3.96. The molecule has 4 heteroatoms. The molecule has 3 N–H and O–H groups in total. The van der Waals surface area contributed by atoms with Crippen LogP contribution < -0.4 is 10.6 Å². The average molecular weight is 231 g/mol. The molecule has 0 bridgehead atoms. The summed E-state index contributed by atoms with van der Waals surface area (Å²) in [5.74, 6) is 0.0661. The van der Waals surface area contributed by atoms with Crippen LogP contribution in [0.15, 0.2) is 30.5 Å². The number of H-pyrrole nitrogens is 1. The van der Waals surface area contributed by atoms with E-state index >= 15 is 0 Å². The van der Waals surface area contributed by atoms with E-state index in [1.54, 1.807) is 7.05 Å². The van der Waals surface area contributed by atoms with E-state index in [4.69, 9.17) is 0 Å². The van der Waals surface area contributed by atoms with Crippen molar-refractivity contribution >= 4 is 16.8 Å². The lowest BCUT2D eigenvalue weighted by molar-refractivity contribution is -0.120. The van der Waals surface area contributed by atoms with Gasteiger partial charge in [-0.25, -0.2) is 0 Å². The zero-order valence-electron chi connectivity index (χ0n) is 9.92. The Morgan fingerprint density at radius 3 is 3.00 bits per heavy atom. The molecule has 2 rings (SSSR count). The third kappa shape index (κ3) is 2.85. The van der Waals surface area contributed by atoms with Crippen LogP contribution in [0, 0.1) is 0 Å². The number of aromatic nitrogens is 1. The fourth-order valence-electron chi connectivity index (χ4n) is 1.83. The van der Waals surface area contributed by atoms with Crippen molar-refractivity contribution in [2.45, 2.75) is 13.0 Å². The summed E-state index contributed by atoms with van der Waals surface area (Å²) in [6.07, 6.45) is 2.52. The molecular formula is C13H17N3O. The zero-order valence-corrected chi connectivity index (χ0v) is 9.92. The second kappa shape index (κ2) is 5.50. The molecule has 0 saturated carbocycles. The number of rotatable bonds is 5. The van der Waals surface area contributed by atoms with Crippen LogP contribution in [0.2, 0.25) is 0 Å². The predicted molar refractivity (Wildman–Crippen MR) is 68.7 cm³/mol. The first-order valence-electron chi connectivity index (χ1n) is 5.77. The van der Waals surface area contributed by atoms with Crippen molar-refractivity contribution in [3.63, 3.8) is 0 Å². The van der Waals surface area contributed by atoms with Crippen LogP contribution in [0.1, 0.15) is 12.0 Å². The Labute approximate surface area is 100 Å². The summed E-state index contributed by atoms with van der Waals surface area (Å²) >= 11 is 0. The summed E-state index contributed by atoms with van der Waals surface area (Å²) in [5.41, 5.74) is 2.38. The number of hydrogen-bond acceptors (Lipinski definition) is 2. The molecule has 0 fully saturated rings. The SMILES string of the molecule is CNC(=O)CCNCc1c[nH]c2ccccc12. The molecule has 0 unspecified atom stereocenters. The van der Waals surface area contributed by atoms with Gasteiger partial charge in [-0.1, -0.05) is 18.2 Å². The van der Waals surface area contributed by atoms with Gasteiger partial charge in [0.2, 0.25) is 5.91 Å². The normalized spacial score (nSPS) is 10.6. The zero-order chi connectivity index (χ0) is 12.1. The fourth-order valence-corrected chi connectivity index (χ4v) is 1.83. The van der Waals surface area contributed by atoms with Gasteiger partial charge in [0, 0.05) is 43.7 Å². The van der Waals surface area contributed by atoms with E-state index in [-0.39, 0.29) is 5.91 Å². The molecule has 17 heavy (non-hydrogen) atoms. The first kappa shape index (κ1) is 11.7. The molecular weight excluding hydrogens is 214 g/mol. The van der Waals surface area contributed by atoms with Crippen LogP contribution in [0.25, 0.3) is 10.9 Å². The Hall–Kier alpha value is -1.81. The first-order chi connectivity index (χ1) is 8.31. The van der Waals surface area contributed by atoms with E-state index in [0.717, 1.165) is 12.1 Å². The van der Waals surface area contributed by atoms with E-state index in [1.165, 1.54) is 10.9 Å². The van der Waals surface area contributed by atoms with E-state index in [9.17, 15) is 4.79 Å². The molecule has 0 aliphatic heterocycles. The molecule has 2 aromatic rings. The summed E-state index contributed by atoms with van der Waals surface area (Å²) < 4.78 is 0. The van der Waals surface area contributed by atoms with Gasteiger partial charge >= 0.3 is 0 Å². The summed E-state index contributed by atoms with van der Waals surface area (Å²) in [6.45, 7) is 1.47. The van der Waals surface area contributed by atoms with Crippen LogP contribution in [0.3, 0.4) is 0 Å². The van der Waals surface area contributed by atoms with Gasteiger partial charge in [0.1, 0.15) is 0 Å². The Bertz CT molecular complexity index is 504. The maximum atomic E-state index is 11.0. The molecule has 0 radical (unpaired) electrons. The molecule has 1 aromatic heterocycles. The van der Waals surface area contributed by atoms with Gasteiger partial charge in [-0.3, -0.25) is 4.79 Å². The van der Waals surface area contributed by atoms with Gasteiger partial charge < -0.3 is 15.6 Å². The Kier molecular flexibility index (Phi) is 3.77. The molecule has 90 valence electrons. The third-order valence-corrected chi connectivity index (χ3v) is 2.80. The largest absolute Gasteiger partial charge is 0.361 e. The highest BCUT2D eigenvalue weighted by molar-refractivity contribution is 5.83. The topological polar surface area (TPSA) is 56.9 Å². The van der Waals surface area contributed by atoms with Crippen molar-refractivity contribution in [1.29, 1.82) is 0 Å². The summed E-state index contributed by atoms with van der Waals surface area (Å²) in [6, 6.07) is 8.21. The first-order valence-corrected chi connectivity index (χ1v) is 5.77. The lowest BCUT2D eigenvalue weighted by atomic mass is 10.2. The lowest BCUT2D eigenvalue weighted by Gasteiger charge is -2.03. The molecule has 0 aliphatic carbocycles. The monoisotopic (exact) mass is 231 g/mol. The highest BCUT2D eigenvalue weighted by atomic mass is 16.1. The summed E-state index contributed by atoms with van der Waals surface area (Å²) in [4.78, 5) is 14.3. The molecule has 0 saturated heterocycles. The van der Waals surface area contributed by atoms with Gasteiger partial charge in [0.05, 0.1) is 0 Å². The fraction of sp³-hybridized carbons (Fsp3) is 0.308. The van der Waals surface area contributed by atoms with Gasteiger partial charge in [0.25, 0.3) is 0 Å². The van der Waals surface area contributed by atoms with E-state index in [2.05, 4.69) is 27.8 Å². The lowest BCUT2D eigenvalue weighted by Crippen LogP contribution is -2.24. The average Bonchev–Trinajstić information content (AvgIpc) is 2.78. The second-order valence-electron chi connectivity index (χ2n) is 3.96. The minimum absolute atomic E-state index is 0.0661. The number of benzene rings is 1. The van der Waals surface area contributed by atoms with Crippen molar-refractivity contribution in [2.75, 3.05) is 13.6 Å². The number of fused-ring (bicyclic) bond motifs is 1. The molecule has 0 aliphatic rings. The van der Waals surface area contributed by atoms with Crippen molar-refractivity contribution in [3.8, 4) is 0 Å². The van der Waals surface area contributed by atoms with Crippen molar-refractivity contribution in [2.24, 2.45) is 0 Å². The summed E-state index contributed by atoms with van der Waals surface area (Å²) in [7, 11) is 1.65. The van der Waals surface area contributed by atoms with Crippen molar-refractivity contribution in [1.82, 2.24) is 15.6 Å². The van der Waals surface area contributed by atoms with Gasteiger partial charge in [-0.15, -0.1) is 0 Å². The summed E-state index contributed by atoms with van der Waals surface area (Å²) in [5, 5.41) is 7.10. The number of nitrogens with one attached hydrogen (secondary N) is 3. The number of para-hydroxylation sites is 1. The van der Waals surface area contributed by atoms with Gasteiger partial charge in [0.15, 0.2) is 0 Å². The number of aromatic amines is 1. The number of carbonyl (C=O) groups excluding carboxylic acids is 1. The molecule has 0 atom stereocenters. The molecule has 1 amide bonds. The molecule has 1 heterocycles. The van der Waals surface area contributed by atoms with Gasteiger partial charge in [-0.2, -0.15) is 0 Å². The van der Waals surface area contributed by atoms with E-state index < -0.39 is 0 Å². The minimum Gasteiger partial charge on any atom is -0.361 e. The number of hydrogen-bond donors (Lipinski definition) is 3. The molecule has 0 spiro atoms. The van der Waals surface area contributed by atoms with E-state index in [0.29, 0.717) is 13.0 Å². The van der Waals surface area contributed by atoms with E-state index in [1.807, 2.05) is 18.3 Å². The highest BCUT2D eigenvalue weighted by Gasteiger charge is 2.02. The molecule has 1 aromatic carbocycles. The van der Waals surface area contributed by atoms with Crippen molar-refractivity contribution in [3.05, 3.63) is 36.0 Å². The quantitative estimate of drug-likeness (QED) is 0.681. The smallest absolute Gasteiger partial charge is 0.221 e. The van der Waals surface area contributed by atoms with Crippen LogP contribution >= 0.6 is 0 Å². The van der Waals surface area contributed by atoms with Crippen LogP contribution in [-0.2, 0) is 11.3 Å². The van der Waals surface area contributed by atoms with Crippen LogP contribution in [-0.4, -0.2) is 24.5 Å². The standard InChI is InChI=1S/C13H17N3O/c1-14-13(17)6-7-15-8-10-9-16-12-5-3-2-4-11(10)12/h2-5,9,15-16H,6-8H2,1H3,(H,14,17). The number of amides is 1. The maximum Gasteiger partial charge on any atom is 0.221 e. The Morgan fingerprint density at radius 1 is 1.35 bits per heavy atom. The molecule has 4 nitrogen and oxygen atoms in total. The Morgan fingerprint density at radius 2 is 2.18 bits per heavy atom. The third-order valence-electron chi connectivity index (χ3n) is 2.80. The van der Waals surface area contributed by atoms with Crippen LogP contribution in [0.5, 0.6) is 0 Å². The highest BCUT2D eigenvalue weighted by Crippen LogP contribution is 2.16. The van der Waals surface area contributed by atoms with Gasteiger partial charge in [-0.05, 0) is 11.6 Å². The maximum absolute atomic E-state index is 11.0. The van der Waals surface area contributed by atoms with Crippen molar-refractivity contribution < 1.29 is 4.79 Å². The minimum atomic E-state index is 0.0661.